The van der Waals surface area contributed by atoms with Gasteiger partial charge in [0.05, 0.1) is 22.7 Å². The second-order valence-electron chi connectivity index (χ2n) is 7.91. The summed E-state index contributed by atoms with van der Waals surface area (Å²) >= 11 is 0. The van der Waals surface area contributed by atoms with Crippen LogP contribution < -0.4 is 0 Å². The van der Waals surface area contributed by atoms with Crippen molar-refractivity contribution in [2.45, 2.75) is 20.8 Å². The van der Waals surface area contributed by atoms with Gasteiger partial charge in [-0.3, -0.25) is 4.98 Å². The molecule has 0 fully saturated rings. The molecule has 0 bridgehead atoms. The third kappa shape index (κ3) is 2.77. The van der Waals surface area contributed by atoms with Gasteiger partial charge in [0.25, 0.3) is 0 Å². The van der Waals surface area contributed by atoms with E-state index in [1.807, 2.05) is 18.2 Å². The van der Waals surface area contributed by atoms with E-state index in [1.54, 1.807) is 12.4 Å². The molecule has 0 spiro atoms. The fourth-order valence-corrected chi connectivity index (χ4v) is 4.31. The molecule has 0 saturated heterocycles. The summed E-state index contributed by atoms with van der Waals surface area (Å²) in [4.78, 5) is 4.13. The van der Waals surface area contributed by atoms with Crippen molar-refractivity contribution in [3.63, 3.8) is 0 Å². The molecule has 3 aromatic carbocycles. The fourth-order valence-electron chi connectivity index (χ4n) is 4.31. The normalized spacial score (nSPS) is 11.1. The van der Waals surface area contributed by atoms with Gasteiger partial charge in [0.2, 0.25) is 0 Å². The van der Waals surface area contributed by atoms with E-state index in [4.69, 9.17) is 0 Å². The standard InChI is InChI=1S/C27H21N3/c1-17-4-6-25-23(12-17)24-13-18(2)5-7-26(24)30(25)27-15-22(20-8-10-29-11-9-20)21(16-28)14-19(27)3/h4-15H,1-3H3. The van der Waals surface area contributed by atoms with Crippen LogP contribution in [0.25, 0.3) is 38.6 Å². The Morgan fingerprint density at radius 3 is 1.93 bits per heavy atom. The molecule has 0 N–H and O–H groups in total. The molecular weight excluding hydrogens is 366 g/mol. The van der Waals surface area contributed by atoms with Gasteiger partial charge in [-0.1, -0.05) is 23.3 Å². The molecule has 0 aliphatic carbocycles. The van der Waals surface area contributed by atoms with Crippen LogP contribution in [-0.4, -0.2) is 9.55 Å². The van der Waals surface area contributed by atoms with Crippen molar-refractivity contribution in [3.05, 3.63) is 95.3 Å². The number of nitrogens with zero attached hydrogens (tertiary/aromatic N) is 3. The van der Waals surface area contributed by atoms with Gasteiger partial charge >= 0.3 is 0 Å². The van der Waals surface area contributed by atoms with Crippen molar-refractivity contribution in [3.8, 4) is 22.9 Å². The van der Waals surface area contributed by atoms with Gasteiger partial charge in [0.15, 0.2) is 0 Å². The minimum Gasteiger partial charge on any atom is -0.309 e. The maximum absolute atomic E-state index is 9.76. The molecule has 5 rings (SSSR count). The van der Waals surface area contributed by atoms with Crippen molar-refractivity contribution in [1.29, 1.82) is 5.26 Å². The molecule has 0 radical (unpaired) electrons. The van der Waals surface area contributed by atoms with Gasteiger partial charge in [-0.15, -0.1) is 0 Å². The smallest absolute Gasteiger partial charge is 0.0998 e. The summed E-state index contributed by atoms with van der Waals surface area (Å²) in [5, 5.41) is 12.3. The summed E-state index contributed by atoms with van der Waals surface area (Å²) < 4.78 is 2.32. The SMILES string of the molecule is Cc1ccc2c(c1)c1cc(C)ccc1n2-c1cc(-c2ccncc2)c(C#N)cc1C. The molecule has 0 atom stereocenters. The van der Waals surface area contributed by atoms with Crippen LogP contribution in [0, 0.1) is 32.1 Å². The van der Waals surface area contributed by atoms with Crippen molar-refractivity contribution >= 4 is 21.8 Å². The Morgan fingerprint density at radius 2 is 1.37 bits per heavy atom. The number of hydrogen-bond donors (Lipinski definition) is 0. The Balaban J connectivity index is 1.90. The minimum atomic E-state index is 0.676. The van der Waals surface area contributed by atoms with Gasteiger partial charge in [0.1, 0.15) is 0 Å². The molecule has 3 nitrogen and oxygen atoms in total. The summed E-state index contributed by atoms with van der Waals surface area (Å²) in [6.07, 6.45) is 3.53. The Hall–Kier alpha value is -3.90. The lowest BCUT2D eigenvalue weighted by Crippen LogP contribution is -1.99. The van der Waals surface area contributed by atoms with E-state index in [2.05, 4.69) is 78.9 Å². The second-order valence-corrected chi connectivity index (χ2v) is 7.91. The summed E-state index contributed by atoms with van der Waals surface area (Å²) in [6, 6.07) is 23.6. The van der Waals surface area contributed by atoms with E-state index < -0.39 is 0 Å². The van der Waals surface area contributed by atoms with Gasteiger partial charge < -0.3 is 4.57 Å². The van der Waals surface area contributed by atoms with Crippen molar-refractivity contribution < 1.29 is 0 Å². The Labute approximate surface area is 175 Å². The van der Waals surface area contributed by atoms with E-state index >= 15 is 0 Å². The van der Waals surface area contributed by atoms with Gasteiger partial charge in [-0.2, -0.15) is 5.26 Å². The van der Waals surface area contributed by atoms with E-state index in [0.29, 0.717) is 5.56 Å². The van der Waals surface area contributed by atoms with Crippen LogP contribution in [0.2, 0.25) is 0 Å². The quantitative estimate of drug-likeness (QED) is 0.340. The highest BCUT2D eigenvalue weighted by Crippen LogP contribution is 2.36. The van der Waals surface area contributed by atoms with Gasteiger partial charge in [-0.05, 0) is 80.4 Å². The van der Waals surface area contributed by atoms with Crippen LogP contribution in [0.5, 0.6) is 0 Å². The van der Waals surface area contributed by atoms with E-state index in [9.17, 15) is 5.26 Å². The first-order valence-corrected chi connectivity index (χ1v) is 10.0. The number of rotatable bonds is 2. The van der Waals surface area contributed by atoms with E-state index in [0.717, 1.165) is 22.4 Å². The molecule has 0 saturated carbocycles. The first kappa shape index (κ1) is 18.1. The Kier molecular flexibility index (Phi) is 4.15. The zero-order valence-electron chi connectivity index (χ0n) is 17.3. The number of benzene rings is 3. The molecule has 2 heterocycles. The van der Waals surface area contributed by atoms with Crippen molar-refractivity contribution in [2.24, 2.45) is 0 Å². The average molecular weight is 387 g/mol. The predicted molar refractivity (Wildman–Crippen MR) is 123 cm³/mol. The minimum absolute atomic E-state index is 0.676. The van der Waals surface area contributed by atoms with Gasteiger partial charge in [-0.25, -0.2) is 0 Å². The maximum atomic E-state index is 9.76. The molecule has 0 amide bonds. The summed E-state index contributed by atoms with van der Waals surface area (Å²) in [5.41, 5.74) is 9.61. The molecule has 2 aromatic heterocycles. The fraction of sp³-hybridized carbons (Fsp3) is 0.111. The molecule has 144 valence electrons. The summed E-state index contributed by atoms with van der Waals surface area (Å²) in [7, 11) is 0. The number of pyridine rings is 1. The number of hydrogen-bond acceptors (Lipinski definition) is 2. The third-order valence-electron chi connectivity index (χ3n) is 5.76. The van der Waals surface area contributed by atoms with Crippen LogP contribution >= 0.6 is 0 Å². The topological polar surface area (TPSA) is 41.6 Å². The lowest BCUT2D eigenvalue weighted by Gasteiger charge is -2.15. The second kappa shape index (κ2) is 6.86. The lowest BCUT2D eigenvalue weighted by molar-refractivity contribution is 1.15. The molecule has 0 unspecified atom stereocenters. The first-order valence-electron chi connectivity index (χ1n) is 10.0. The Morgan fingerprint density at radius 1 is 0.767 bits per heavy atom. The maximum Gasteiger partial charge on any atom is 0.0998 e. The van der Waals surface area contributed by atoms with E-state index in [1.165, 1.54) is 32.9 Å². The Bertz CT molecular complexity index is 1410. The largest absolute Gasteiger partial charge is 0.309 e. The van der Waals surface area contributed by atoms with Crippen LogP contribution in [0.4, 0.5) is 0 Å². The average Bonchev–Trinajstić information content (AvgIpc) is 3.06. The number of aryl methyl sites for hydroxylation is 3. The molecule has 5 aromatic rings. The monoisotopic (exact) mass is 387 g/mol. The first-order chi connectivity index (χ1) is 14.6. The zero-order valence-corrected chi connectivity index (χ0v) is 17.3. The number of nitriles is 1. The predicted octanol–water partition coefficient (Wildman–Crippen LogP) is 6.64. The lowest BCUT2D eigenvalue weighted by atomic mass is 9.97. The summed E-state index contributed by atoms with van der Waals surface area (Å²) in [5.74, 6) is 0. The molecular formula is C27H21N3. The number of fused-ring (bicyclic) bond motifs is 3. The zero-order chi connectivity index (χ0) is 20.8. The van der Waals surface area contributed by atoms with Crippen LogP contribution in [-0.2, 0) is 0 Å². The van der Waals surface area contributed by atoms with Crippen molar-refractivity contribution in [1.82, 2.24) is 9.55 Å². The molecule has 0 aliphatic heterocycles. The molecule has 30 heavy (non-hydrogen) atoms. The number of aromatic nitrogens is 2. The third-order valence-corrected chi connectivity index (χ3v) is 5.76. The van der Waals surface area contributed by atoms with E-state index in [-0.39, 0.29) is 0 Å². The highest BCUT2D eigenvalue weighted by atomic mass is 15.0. The van der Waals surface area contributed by atoms with Crippen LogP contribution in [0.3, 0.4) is 0 Å². The molecule has 0 aliphatic rings. The summed E-state index contributed by atoms with van der Waals surface area (Å²) in [6.45, 7) is 6.34. The van der Waals surface area contributed by atoms with Crippen LogP contribution in [0.1, 0.15) is 22.3 Å². The van der Waals surface area contributed by atoms with Crippen molar-refractivity contribution in [2.75, 3.05) is 0 Å². The van der Waals surface area contributed by atoms with Gasteiger partial charge in [0, 0.05) is 34.4 Å². The van der Waals surface area contributed by atoms with Crippen LogP contribution in [0.15, 0.2) is 73.1 Å². The highest BCUT2D eigenvalue weighted by molar-refractivity contribution is 6.10. The highest BCUT2D eigenvalue weighted by Gasteiger charge is 2.16. The molecule has 3 heteroatoms.